The number of halogens is 3. The molecule has 0 radical (unpaired) electrons. The summed E-state index contributed by atoms with van der Waals surface area (Å²) in [5.74, 6) is 7.39. The van der Waals surface area contributed by atoms with E-state index >= 15 is 0 Å². The van der Waals surface area contributed by atoms with Gasteiger partial charge in [-0.25, -0.2) is 4.79 Å². The zero-order valence-electron chi connectivity index (χ0n) is 19.0. The number of ether oxygens (including phenoxy) is 3. The van der Waals surface area contributed by atoms with Crippen molar-refractivity contribution >= 4 is 5.82 Å². The number of rotatable bonds is 3. The van der Waals surface area contributed by atoms with Crippen LogP contribution in [0, 0.1) is 11.8 Å². The maximum atomic E-state index is 12.9. The minimum Gasteiger partial charge on any atom is -0.490 e. The number of hydrogen-bond acceptors (Lipinski definition) is 7. The second kappa shape index (κ2) is 7.99. The Morgan fingerprint density at radius 3 is 2.69 bits per heavy atom. The van der Waals surface area contributed by atoms with E-state index in [9.17, 15) is 18.0 Å². The quantitative estimate of drug-likeness (QED) is 0.516. The van der Waals surface area contributed by atoms with E-state index in [-0.39, 0.29) is 28.8 Å². The van der Waals surface area contributed by atoms with Gasteiger partial charge in [0.25, 0.3) is 0 Å². The largest absolute Gasteiger partial charge is 0.490 e. The van der Waals surface area contributed by atoms with Crippen molar-refractivity contribution in [1.82, 2.24) is 14.5 Å². The standard InChI is InChI=1S/C25H19F3N4O4/c1-34-21-19(30-23(33)31-13-24-11-18(35-14-24)12-32(24)22(21)31)7-4-15-2-5-16(6-3-15)36-17-8-9-29-20(10-17)25(26,27)28/h2-3,5-6,8-10,18H,11-14H2,1H3/t18-,24+/m0/s1. The SMILES string of the molecule is COc1c(C#Cc2ccc(Oc3ccnc(C(F)(F)F)c3)cc2)nc(=O)n2c1N1C[C@@H]3C[C@]1(CO3)C2. The average Bonchev–Trinajstić information content (AvgIpc) is 3.52. The van der Waals surface area contributed by atoms with Crippen LogP contribution >= 0.6 is 0 Å². The average molecular weight is 496 g/mol. The normalized spacial score (nSPS) is 21.6. The highest BCUT2D eigenvalue weighted by molar-refractivity contribution is 5.65. The fraction of sp³-hybridized carbons (Fsp3) is 0.320. The fourth-order valence-corrected chi connectivity index (χ4v) is 5.03. The molecular formula is C25H19F3N4O4. The predicted octanol–water partition coefficient (Wildman–Crippen LogP) is 3.22. The van der Waals surface area contributed by atoms with E-state index < -0.39 is 11.9 Å². The molecule has 1 spiro atoms. The van der Waals surface area contributed by atoms with Crippen molar-refractivity contribution in [3.63, 3.8) is 0 Å². The first-order valence-corrected chi connectivity index (χ1v) is 11.2. The zero-order chi connectivity index (χ0) is 25.1. The number of hydrogen-bond donors (Lipinski definition) is 0. The van der Waals surface area contributed by atoms with Crippen molar-refractivity contribution in [1.29, 1.82) is 0 Å². The molecule has 2 aromatic heterocycles. The van der Waals surface area contributed by atoms with Gasteiger partial charge in [-0.1, -0.05) is 5.92 Å². The van der Waals surface area contributed by atoms with Gasteiger partial charge in [0.05, 0.1) is 31.9 Å². The van der Waals surface area contributed by atoms with Gasteiger partial charge in [-0.2, -0.15) is 18.2 Å². The molecule has 0 N–H and O–H groups in total. The van der Waals surface area contributed by atoms with Gasteiger partial charge in [-0.15, -0.1) is 0 Å². The van der Waals surface area contributed by atoms with E-state index in [2.05, 4.69) is 26.7 Å². The van der Waals surface area contributed by atoms with Crippen molar-refractivity contribution in [2.75, 3.05) is 25.2 Å². The van der Waals surface area contributed by atoms with Gasteiger partial charge in [-0.05, 0) is 36.3 Å². The van der Waals surface area contributed by atoms with E-state index in [1.165, 1.54) is 13.2 Å². The van der Waals surface area contributed by atoms with Crippen LogP contribution < -0.4 is 20.1 Å². The molecule has 0 unspecified atom stereocenters. The van der Waals surface area contributed by atoms with Crippen molar-refractivity contribution in [2.45, 2.75) is 30.8 Å². The number of nitrogens with zero attached hydrogens (tertiary/aromatic N) is 4. The summed E-state index contributed by atoms with van der Waals surface area (Å²) < 4.78 is 57.2. The second-order valence-electron chi connectivity index (χ2n) is 8.91. The molecule has 0 amide bonds. The van der Waals surface area contributed by atoms with Crippen molar-refractivity contribution < 1.29 is 27.4 Å². The molecule has 5 heterocycles. The molecule has 184 valence electrons. The van der Waals surface area contributed by atoms with Gasteiger partial charge in [0.2, 0.25) is 0 Å². The maximum absolute atomic E-state index is 12.9. The summed E-state index contributed by atoms with van der Waals surface area (Å²) in [5, 5.41) is 0. The Morgan fingerprint density at radius 1 is 1.17 bits per heavy atom. The van der Waals surface area contributed by atoms with Gasteiger partial charge >= 0.3 is 11.9 Å². The third kappa shape index (κ3) is 3.65. The molecule has 3 aromatic rings. The molecule has 11 heteroatoms. The zero-order valence-corrected chi connectivity index (χ0v) is 19.0. The molecule has 3 aliphatic rings. The molecule has 0 aliphatic carbocycles. The molecule has 36 heavy (non-hydrogen) atoms. The molecule has 2 bridgehead atoms. The number of benzene rings is 1. The van der Waals surface area contributed by atoms with Gasteiger partial charge in [0, 0.05) is 30.8 Å². The van der Waals surface area contributed by atoms with Gasteiger partial charge in [0.1, 0.15) is 17.2 Å². The molecule has 0 saturated carbocycles. The summed E-state index contributed by atoms with van der Waals surface area (Å²) in [5.41, 5.74) is -0.812. The van der Waals surface area contributed by atoms with E-state index in [4.69, 9.17) is 14.2 Å². The maximum Gasteiger partial charge on any atom is 0.433 e. The lowest BCUT2D eigenvalue weighted by Crippen LogP contribution is -2.46. The first-order chi connectivity index (χ1) is 17.3. The molecule has 1 aromatic carbocycles. The van der Waals surface area contributed by atoms with Crippen LogP contribution in [-0.4, -0.2) is 46.4 Å². The first kappa shape index (κ1) is 22.4. The van der Waals surface area contributed by atoms with E-state index in [0.717, 1.165) is 18.7 Å². The Morgan fingerprint density at radius 2 is 1.97 bits per heavy atom. The topological polar surface area (TPSA) is 78.7 Å². The minimum atomic E-state index is -4.56. The number of methoxy groups -OCH3 is 1. The van der Waals surface area contributed by atoms with Crippen LogP contribution in [0.3, 0.4) is 0 Å². The smallest absolute Gasteiger partial charge is 0.433 e. The van der Waals surface area contributed by atoms with Crippen molar-refractivity contribution in [3.8, 4) is 29.1 Å². The third-order valence-electron chi connectivity index (χ3n) is 6.62. The molecule has 6 rings (SSSR count). The molecule has 2 fully saturated rings. The number of fused-ring (bicyclic) bond motifs is 3. The summed E-state index contributed by atoms with van der Waals surface area (Å²) in [6, 6.07) is 8.67. The fourth-order valence-electron chi connectivity index (χ4n) is 5.03. The molecule has 2 saturated heterocycles. The second-order valence-corrected chi connectivity index (χ2v) is 8.91. The molecule has 8 nitrogen and oxygen atoms in total. The number of alkyl halides is 3. The Bertz CT molecular complexity index is 1480. The summed E-state index contributed by atoms with van der Waals surface area (Å²) in [6.45, 7) is 1.77. The van der Waals surface area contributed by atoms with Crippen LogP contribution in [0.5, 0.6) is 17.2 Å². The van der Waals surface area contributed by atoms with Crippen LogP contribution in [0.4, 0.5) is 19.0 Å². The Kier molecular flexibility index (Phi) is 4.98. The van der Waals surface area contributed by atoms with Crippen LogP contribution in [0.25, 0.3) is 0 Å². The van der Waals surface area contributed by atoms with Crippen LogP contribution in [0.2, 0.25) is 0 Å². The number of pyridine rings is 1. The van der Waals surface area contributed by atoms with Gasteiger partial charge in [-0.3, -0.25) is 9.55 Å². The molecular weight excluding hydrogens is 477 g/mol. The minimum absolute atomic E-state index is 0.0162. The van der Waals surface area contributed by atoms with Crippen LogP contribution in [-0.2, 0) is 17.5 Å². The lowest BCUT2D eigenvalue weighted by Gasteiger charge is -2.32. The highest BCUT2D eigenvalue weighted by Gasteiger charge is 2.57. The predicted molar refractivity (Wildman–Crippen MR) is 121 cm³/mol. The van der Waals surface area contributed by atoms with E-state index in [1.54, 1.807) is 28.8 Å². The first-order valence-electron chi connectivity index (χ1n) is 11.2. The number of aromatic nitrogens is 3. The summed E-state index contributed by atoms with van der Waals surface area (Å²) in [4.78, 5) is 22.4. The van der Waals surface area contributed by atoms with E-state index in [0.29, 0.717) is 42.6 Å². The van der Waals surface area contributed by atoms with Crippen molar-refractivity contribution in [3.05, 3.63) is 70.0 Å². The monoisotopic (exact) mass is 496 g/mol. The van der Waals surface area contributed by atoms with Crippen LogP contribution in [0.1, 0.15) is 23.4 Å². The summed E-state index contributed by atoms with van der Waals surface area (Å²) in [7, 11) is 1.53. The van der Waals surface area contributed by atoms with Crippen LogP contribution in [0.15, 0.2) is 47.4 Å². The lowest BCUT2D eigenvalue weighted by atomic mass is 10.0. The van der Waals surface area contributed by atoms with Gasteiger partial charge < -0.3 is 19.1 Å². The lowest BCUT2D eigenvalue weighted by molar-refractivity contribution is -0.141. The molecule has 2 atom stereocenters. The molecule has 3 aliphatic heterocycles. The van der Waals surface area contributed by atoms with E-state index in [1.807, 2.05) is 0 Å². The Hall–Kier alpha value is -4.04. The summed E-state index contributed by atoms with van der Waals surface area (Å²) in [6.07, 6.45) is -2.51. The highest BCUT2D eigenvalue weighted by Crippen LogP contribution is 2.49. The summed E-state index contributed by atoms with van der Waals surface area (Å²) >= 11 is 0. The Balaban J connectivity index is 1.25. The third-order valence-corrected chi connectivity index (χ3v) is 6.62. The number of anilines is 1. The highest BCUT2D eigenvalue weighted by atomic mass is 19.4. The Labute approximate surface area is 203 Å². The van der Waals surface area contributed by atoms with Crippen molar-refractivity contribution in [2.24, 2.45) is 0 Å². The number of morpholine rings is 1. The van der Waals surface area contributed by atoms with Gasteiger partial charge in [0.15, 0.2) is 17.3 Å².